The molecule has 0 aliphatic rings. The Bertz CT molecular complexity index is 1580. The first-order chi connectivity index (χ1) is 21.6. The Balaban J connectivity index is 1.33. The van der Waals surface area contributed by atoms with E-state index in [1.54, 1.807) is 26.0 Å². The molecule has 1 heterocycles. The molecule has 4 aromatic carbocycles. The van der Waals surface area contributed by atoms with Gasteiger partial charge in [0.05, 0.1) is 31.5 Å². The van der Waals surface area contributed by atoms with Gasteiger partial charge in [0.1, 0.15) is 11.5 Å². The lowest BCUT2D eigenvalue weighted by Gasteiger charge is -2.18. The fourth-order valence-corrected chi connectivity index (χ4v) is 6.27. The first-order valence-electron chi connectivity index (χ1n) is 15.0. The molecule has 0 saturated carbocycles. The molecular formula is C37H39N3O3S. The van der Waals surface area contributed by atoms with Crippen LogP contribution in [0.5, 0.6) is 11.5 Å². The van der Waals surface area contributed by atoms with Crippen LogP contribution in [0.2, 0.25) is 0 Å². The predicted octanol–water partition coefficient (Wildman–Crippen LogP) is 8.07. The van der Waals surface area contributed by atoms with Gasteiger partial charge < -0.3 is 19.4 Å². The maximum absolute atomic E-state index is 13.4. The lowest BCUT2D eigenvalue weighted by Crippen LogP contribution is -2.31. The third kappa shape index (κ3) is 7.34. The molecule has 1 aromatic heterocycles. The minimum Gasteiger partial charge on any atom is -0.497 e. The molecule has 1 amide bonds. The highest BCUT2D eigenvalue weighted by atomic mass is 32.2. The summed E-state index contributed by atoms with van der Waals surface area (Å²) in [6.45, 7) is 3.62. The summed E-state index contributed by atoms with van der Waals surface area (Å²) >= 11 is 1.73. The lowest BCUT2D eigenvalue weighted by molar-refractivity contribution is -0.121. The molecule has 6 nitrogen and oxygen atoms in total. The average Bonchev–Trinajstić information content (AvgIpc) is 3.43. The number of hydrogen-bond acceptors (Lipinski definition) is 5. The molecule has 5 aromatic rings. The summed E-state index contributed by atoms with van der Waals surface area (Å²) in [6.07, 6.45) is 1.80. The first kappa shape index (κ1) is 31.0. The monoisotopic (exact) mass is 605 g/mol. The van der Waals surface area contributed by atoms with Crippen molar-refractivity contribution in [2.45, 2.75) is 37.4 Å². The second-order valence-corrected chi connectivity index (χ2v) is 11.5. The number of imidazole rings is 1. The van der Waals surface area contributed by atoms with Gasteiger partial charge in [-0.25, -0.2) is 4.98 Å². The molecule has 226 valence electrons. The summed E-state index contributed by atoms with van der Waals surface area (Å²) in [5, 5.41) is 4.17. The van der Waals surface area contributed by atoms with Crippen molar-refractivity contribution in [2.75, 3.05) is 26.5 Å². The summed E-state index contributed by atoms with van der Waals surface area (Å²) in [4.78, 5) is 18.6. The minimum atomic E-state index is -0.340. The fraction of sp³-hybridized carbons (Fsp3) is 0.243. The number of aromatic nitrogens is 2. The Kier molecular flexibility index (Phi) is 10.8. The van der Waals surface area contributed by atoms with Gasteiger partial charge in [-0.05, 0) is 72.5 Å². The van der Waals surface area contributed by atoms with Gasteiger partial charge >= 0.3 is 0 Å². The Morgan fingerprint density at radius 1 is 0.795 bits per heavy atom. The van der Waals surface area contributed by atoms with Gasteiger partial charge in [0.25, 0.3) is 0 Å². The summed E-state index contributed by atoms with van der Waals surface area (Å²) in [7, 11) is 3.36. The number of rotatable bonds is 14. The number of carbonyl (C=O) groups excluding carboxylic acids is 1. The van der Waals surface area contributed by atoms with Gasteiger partial charge in [0.15, 0.2) is 5.16 Å². The maximum Gasteiger partial charge on any atom is 0.232 e. The summed E-state index contributed by atoms with van der Waals surface area (Å²) in [5.41, 5.74) is 6.13. The fourth-order valence-electron chi connectivity index (χ4n) is 5.30. The molecule has 0 radical (unpaired) electrons. The second kappa shape index (κ2) is 15.3. The summed E-state index contributed by atoms with van der Waals surface area (Å²) in [5.74, 6) is 2.13. The highest BCUT2D eigenvalue weighted by Crippen LogP contribution is 2.37. The SMILES string of the molecule is CCCn1c(SCCCNC(=O)C(c2ccccc2)c2ccccc2)nc(-c2ccc(OC)cc2)c1-c1ccc(OC)cc1. The Hall–Kier alpha value is -4.49. The molecular weight excluding hydrogens is 566 g/mol. The number of methoxy groups -OCH3 is 2. The van der Waals surface area contributed by atoms with E-state index in [-0.39, 0.29) is 11.8 Å². The van der Waals surface area contributed by atoms with E-state index in [0.29, 0.717) is 6.54 Å². The number of thioether (sulfide) groups is 1. The molecule has 0 saturated heterocycles. The third-order valence-electron chi connectivity index (χ3n) is 7.49. The van der Waals surface area contributed by atoms with Crippen LogP contribution in [-0.4, -0.2) is 42.0 Å². The topological polar surface area (TPSA) is 65.4 Å². The first-order valence-corrected chi connectivity index (χ1v) is 16.0. The number of hydrogen-bond donors (Lipinski definition) is 1. The predicted molar refractivity (Wildman–Crippen MR) is 180 cm³/mol. The van der Waals surface area contributed by atoms with E-state index >= 15 is 0 Å². The van der Waals surface area contributed by atoms with E-state index in [1.165, 1.54) is 0 Å². The largest absolute Gasteiger partial charge is 0.497 e. The lowest BCUT2D eigenvalue weighted by atomic mass is 9.90. The van der Waals surface area contributed by atoms with E-state index in [4.69, 9.17) is 14.5 Å². The van der Waals surface area contributed by atoms with E-state index in [0.717, 1.165) is 75.4 Å². The van der Waals surface area contributed by atoms with Gasteiger partial charge in [-0.15, -0.1) is 0 Å². The van der Waals surface area contributed by atoms with Crippen LogP contribution < -0.4 is 14.8 Å². The van der Waals surface area contributed by atoms with Crippen LogP contribution in [0, 0.1) is 0 Å². The van der Waals surface area contributed by atoms with E-state index in [2.05, 4.69) is 41.1 Å². The highest BCUT2D eigenvalue weighted by molar-refractivity contribution is 7.99. The third-order valence-corrected chi connectivity index (χ3v) is 8.55. The summed E-state index contributed by atoms with van der Waals surface area (Å²) < 4.78 is 13.1. The van der Waals surface area contributed by atoms with E-state index in [9.17, 15) is 4.79 Å². The minimum absolute atomic E-state index is 0.0171. The zero-order valence-electron chi connectivity index (χ0n) is 25.5. The van der Waals surface area contributed by atoms with Gasteiger partial charge in [-0.3, -0.25) is 4.79 Å². The van der Waals surface area contributed by atoms with Crippen LogP contribution in [0.1, 0.15) is 36.8 Å². The van der Waals surface area contributed by atoms with Crippen LogP contribution in [0.25, 0.3) is 22.5 Å². The van der Waals surface area contributed by atoms with Gasteiger partial charge in [-0.1, -0.05) is 79.3 Å². The Labute approximate surface area is 264 Å². The average molecular weight is 606 g/mol. The zero-order valence-corrected chi connectivity index (χ0v) is 26.3. The number of benzene rings is 4. The van der Waals surface area contributed by atoms with E-state index < -0.39 is 0 Å². The van der Waals surface area contributed by atoms with Crippen molar-refractivity contribution in [1.82, 2.24) is 14.9 Å². The highest BCUT2D eigenvalue weighted by Gasteiger charge is 2.23. The maximum atomic E-state index is 13.4. The molecule has 0 atom stereocenters. The number of nitrogens with zero attached hydrogens (tertiary/aromatic N) is 2. The summed E-state index contributed by atoms with van der Waals surface area (Å²) in [6, 6.07) is 36.2. The Morgan fingerprint density at radius 3 is 1.86 bits per heavy atom. The molecule has 0 aliphatic carbocycles. The van der Waals surface area contributed by atoms with Crippen molar-refractivity contribution in [2.24, 2.45) is 0 Å². The van der Waals surface area contributed by atoms with Crippen molar-refractivity contribution < 1.29 is 14.3 Å². The second-order valence-electron chi connectivity index (χ2n) is 10.4. The molecule has 0 fully saturated rings. The van der Waals surface area contributed by atoms with Crippen LogP contribution in [0.4, 0.5) is 0 Å². The number of carbonyl (C=O) groups is 1. The van der Waals surface area contributed by atoms with E-state index in [1.807, 2.05) is 84.9 Å². The Morgan fingerprint density at radius 2 is 1.34 bits per heavy atom. The van der Waals surface area contributed by atoms with Crippen molar-refractivity contribution in [3.05, 3.63) is 120 Å². The molecule has 0 unspecified atom stereocenters. The number of ether oxygens (including phenoxy) is 2. The quantitative estimate of drug-likeness (QED) is 0.102. The van der Waals surface area contributed by atoms with Crippen molar-refractivity contribution >= 4 is 17.7 Å². The smallest absolute Gasteiger partial charge is 0.232 e. The van der Waals surface area contributed by atoms with Crippen LogP contribution in [0.15, 0.2) is 114 Å². The molecule has 44 heavy (non-hydrogen) atoms. The zero-order chi connectivity index (χ0) is 30.7. The number of nitrogens with one attached hydrogen (secondary N) is 1. The molecule has 7 heteroatoms. The van der Waals surface area contributed by atoms with Crippen LogP contribution in [-0.2, 0) is 11.3 Å². The van der Waals surface area contributed by atoms with Crippen LogP contribution >= 0.6 is 11.8 Å². The van der Waals surface area contributed by atoms with Crippen molar-refractivity contribution in [3.63, 3.8) is 0 Å². The molecule has 0 bridgehead atoms. The van der Waals surface area contributed by atoms with Gasteiger partial charge in [0.2, 0.25) is 5.91 Å². The standard InChI is InChI=1S/C37H39N3O3S/c1-4-25-40-35(30-18-22-32(43-3)23-19-30)34(29-16-20-31(42-2)21-17-29)39-37(40)44-26-11-24-38-36(41)33(27-12-7-5-8-13-27)28-14-9-6-10-15-28/h5-10,12-23,33H,4,11,24-26H2,1-3H3,(H,38,41). The molecule has 5 rings (SSSR count). The normalized spacial score (nSPS) is 11.0. The molecule has 1 N–H and O–H groups in total. The van der Waals surface area contributed by atoms with Crippen molar-refractivity contribution in [1.29, 1.82) is 0 Å². The van der Waals surface area contributed by atoms with Crippen LogP contribution in [0.3, 0.4) is 0 Å². The molecule has 0 spiro atoms. The number of amides is 1. The van der Waals surface area contributed by atoms with Crippen molar-refractivity contribution in [3.8, 4) is 34.0 Å². The van der Waals surface area contributed by atoms with Gasteiger partial charge in [-0.2, -0.15) is 0 Å². The van der Waals surface area contributed by atoms with Gasteiger partial charge in [0, 0.05) is 30.0 Å². The molecule has 0 aliphatic heterocycles.